The van der Waals surface area contributed by atoms with E-state index in [2.05, 4.69) is 24.0 Å². The Labute approximate surface area is 102 Å². The number of hydrogen-bond acceptors (Lipinski definition) is 3. The van der Waals surface area contributed by atoms with Crippen LogP contribution >= 0.6 is 0 Å². The Balaban J connectivity index is 2.16. The molecule has 0 bridgehead atoms. The van der Waals surface area contributed by atoms with Gasteiger partial charge in [-0.2, -0.15) is 0 Å². The molecule has 0 atom stereocenters. The molecule has 1 aromatic carbocycles. The first-order chi connectivity index (χ1) is 8.35. The number of para-hydroxylation sites is 1. The summed E-state index contributed by atoms with van der Waals surface area (Å²) in [5.41, 5.74) is 7.96. The van der Waals surface area contributed by atoms with Crippen LogP contribution in [-0.4, -0.2) is 6.54 Å². The van der Waals surface area contributed by atoms with Gasteiger partial charge in [0.15, 0.2) is 0 Å². The molecule has 0 amide bonds. The average molecular weight is 230 g/mol. The van der Waals surface area contributed by atoms with E-state index in [1.165, 1.54) is 5.69 Å². The maximum Gasteiger partial charge on any atom is 0.127 e. The van der Waals surface area contributed by atoms with Crippen molar-refractivity contribution in [3.63, 3.8) is 0 Å². The van der Waals surface area contributed by atoms with Gasteiger partial charge >= 0.3 is 0 Å². The monoisotopic (exact) mass is 230 g/mol. The Morgan fingerprint density at radius 3 is 2.59 bits per heavy atom. The standard InChI is InChI=1S/C14H18N2O/c1-2-16(13-6-4-3-5-7-13)11-14-12(10-15)8-9-17-14/h3-9H,2,10-11,15H2,1H3. The first-order valence-corrected chi connectivity index (χ1v) is 5.90. The van der Waals surface area contributed by atoms with E-state index in [-0.39, 0.29) is 0 Å². The van der Waals surface area contributed by atoms with E-state index in [9.17, 15) is 0 Å². The van der Waals surface area contributed by atoms with E-state index >= 15 is 0 Å². The molecule has 2 rings (SSSR count). The van der Waals surface area contributed by atoms with E-state index in [1.807, 2.05) is 24.3 Å². The highest BCUT2D eigenvalue weighted by Gasteiger charge is 2.10. The fourth-order valence-electron chi connectivity index (χ4n) is 1.89. The molecular weight excluding hydrogens is 212 g/mol. The molecule has 2 N–H and O–H groups in total. The molecule has 3 heteroatoms. The lowest BCUT2D eigenvalue weighted by Gasteiger charge is -2.22. The largest absolute Gasteiger partial charge is 0.467 e. The molecule has 0 saturated heterocycles. The summed E-state index contributed by atoms with van der Waals surface area (Å²) in [6.45, 7) is 4.37. The lowest BCUT2D eigenvalue weighted by Crippen LogP contribution is -2.22. The van der Waals surface area contributed by atoms with Gasteiger partial charge in [0.05, 0.1) is 12.8 Å². The summed E-state index contributed by atoms with van der Waals surface area (Å²) < 4.78 is 5.49. The van der Waals surface area contributed by atoms with Gasteiger partial charge in [0.1, 0.15) is 5.76 Å². The van der Waals surface area contributed by atoms with Crippen LogP contribution in [0.2, 0.25) is 0 Å². The third-order valence-electron chi connectivity index (χ3n) is 2.90. The first kappa shape index (κ1) is 11.7. The van der Waals surface area contributed by atoms with Gasteiger partial charge in [0.2, 0.25) is 0 Å². The van der Waals surface area contributed by atoms with Crippen molar-refractivity contribution >= 4 is 5.69 Å². The van der Waals surface area contributed by atoms with Gasteiger partial charge in [-0.05, 0) is 25.1 Å². The highest BCUT2D eigenvalue weighted by Crippen LogP contribution is 2.19. The molecular formula is C14H18N2O. The molecule has 0 aliphatic rings. The highest BCUT2D eigenvalue weighted by molar-refractivity contribution is 5.46. The number of furan rings is 1. The van der Waals surface area contributed by atoms with Crippen molar-refractivity contribution in [2.24, 2.45) is 5.73 Å². The van der Waals surface area contributed by atoms with Crippen molar-refractivity contribution in [1.82, 2.24) is 0 Å². The lowest BCUT2D eigenvalue weighted by molar-refractivity contribution is 0.499. The predicted octanol–water partition coefficient (Wildman–Crippen LogP) is 2.76. The number of anilines is 1. The van der Waals surface area contributed by atoms with E-state index in [0.717, 1.165) is 24.4 Å². The summed E-state index contributed by atoms with van der Waals surface area (Å²) in [7, 11) is 0. The Morgan fingerprint density at radius 1 is 1.18 bits per heavy atom. The zero-order valence-electron chi connectivity index (χ0n) is 10.1. The van der Waals surface area contributed by atoms with Crippen LogP contribution in [0.3, 0.4) is 0 Å². The summed E-state index contributed by atoms with van der Waals surface area (Å²) >= 11 is 0. The number of benzene rings is 1. The van der Waals surface area contributed by atoms with Crippen molar-refractivity contribution in [2.45, 2.75) is 20.0 Å². The molecule has 90 valence electrons. The van der Waals surface area contributed by atoms with E-state index in [4.69, 9.17) is 10.2 Å². The second kappa shape index (κ2) is 5.55. The topological polar surface area (TPSA) is 42.4 Å². The van der Waals surface area contributed by atoms with Crippen LogP contribution in [0.5, 0.6) is 0 Å². The van der Waals surface area contributed by atoms with Crippen molar-refractivity contribution in [3.05, 3.63) is 54.0 Å². The number of rotatable bonds is 5. The van der Waals surface area contributed by atoms with Gasteiger partial charge in [-0.3, -0.25) is 0 Å². The molecule has 0 spiro atoms. The summed E-state index contributed by atoms with van der Waals surface area (Å²) in [5.74, 6) is 0.957. The van der Waals surface area contributed by atoms with Crippen LogP contribution in [-0.2, 0) is 13.1 Å². The maximum absolute atomic E-state index is 5.67. The minimum absolute atomic E-state index is 0.526. The van der Waals surface area contributed by atoms with Crippen molar-refractivity contribution in [1.29, 1.82) is 0 Å². The number of nitrogens with zero attached hydrogens (tertiary/aromatic N) is 1. The van der Waals surface area contributed by atoms with E-state index < -0.39 is 0 Å². The van der Waals surface area contributed by atoms with Gasteiger partial charge in [-0.25, -0.2) is 0 Å². The average Bonchev–Trinajstić information content (AvgIpc) is 2.84. The molecule has 0 radical (unpaired) electrons. The minimum Gasteiger partial charge on any atom is -0.467 e. The van der Waals surface area contributed by atoms with Gasteiger partial charge in [0.25, 0.3) is 0 Å². The smallest absolute Gasteiger partial charge is 0.127 e. The van der Waals surface area contributed by atoms with Gasteiger partial charge in [-0.15, -0.1) is 0 Å². The normalized spacial score (nSPS) is 10.5. The maximum atomic E-state index is 5.67. The van der Waals surface area contributed by atoms with Crippen LogP contribution in [0.15, 0.2) is 47.1 Å². The van der Waals surface area contributed by atoms with Crippen LogP contribution in [0.25, 0.3) is 0 Å². The second-order valence-electron chi connectivity index (χ2n) is 3.92. The fourth-order valence-corrected chi connectivity index (χ4v) is 1.89. The predicted molar refractivity (Wildman–Crippen MR) is 69.8 cm³/mol. The molecule has 2 aromatic rings. The van der Waals surface area contributed by atoms with Crippen molar-refractivity contribution in [3.8, 4) is 0 Å². The SMILES string of the molecule is CCN(Cc1occc1CN)c1ccccc1. The molecule has 0 aliphatic heterocycles. The first-order valence-electron chi connectivity index (χ1n) is 5.90. The van der Waals surface area contributed by atoms with Gasteiger partial charge < -0.3 is 15.1 Å². The molecule has 3 nitrogen and oxygen atoms in total. The molecule has 1 heterocycles. The minimum atomic E-state index is 0.526. The van der Waals surface area contributed by atoms with Gasteiger partial charge in [0, 0.05) is 24.3 Å². The van der Waals surface area contributed by atoms with Crippen LogP contribution < -0.4 is 10.6 Å². The third-order valence-corrected chi connectivity index (χ3v) is 2.90. The molecule has 0 aliphatic carbocycles. The van der Waals surface area contributed by atoms with Gasteiger partial charge in [-0.1, -0.05) is 18.2 Å². The van der Waals surface area contributed by atoms with E-state index in [0.29, 0.717) is 6.54 Å². The van der Waals surface area contributed by atoms with Crippen molar-refractivity contribution in [2.75, 3.05) is 11.4 Å². The number of nitrogens with two attached hydrogens (primary N) is 1. The van der Waals surface area contributed by atoms with Crippen molar-refractivity contribution < 1.29 is 4.42 Å². The van der Waals surface area contributed by atoms with Crippen LogP contribution in [0.4, 0.5) is 5.69 Å². The third kappa shape index (κ3) is 2.68. The molecule has 17 heavy (non-hydrogen) atoms. The molecule has 0 unspecified atom stereocenters. The highest BCUT2D eigenvalue weighted by atomic mass is 16.3. The Morgan fingerprint density at radius 2 is 1.94 bits per heavy atom. The lowest BCUT2D eigenvalue weighted by atomic mass is 10.2. The zero-order chi connectivity index (χ0) is 12.1. The molecule has 1 aromatic heterocycles. The summed E-state index contributed by atoms with van der Waals surface area (Å²) in [6, 6.07) is 12.3. The van der Waals surface area contributed by atoms with Crippen LogP contribution in [0.1, 0.15) is 18.2 Å². The zero-order valence-corrected chi connectivity index (χ0v) is 10.1. The summed E-state index contributed by atoms with van der Waals surface area (Å²) in [5, 5.41) is 0. The summed E-state index contributed by atoms with van der Waals surface area (Å²) in [4.78, 5) is 2.26. The quantitative estimate of drug-likeness (QED) is 0.858. The molecule has 0 saturated carbocycles. The van der Waals surface area contributed by atoms with E-state index in [1.54, 1.807) is 6.26 Å². The Bertz CT molecular complexity index is 450. The Hall–Kier alpha value is -1.74. The second-order valence-corrected chi connectivity index (χ2v) is 3.92. The molecule has 0 fully saturated rings. The van der Waals surface area contributed by atoms with Crippen LogP contribution in [0, 0.1) is 0 Å². The summed E-state index contributed by atoms with van der Waals surface area (Å²) in [6.07, 6.45) is 1.70. The number of hydrogen-bond donors (Lipinski definition) is 1. The fraction of sp³-hybridized carbons (Fsp3) is 0.286. The Kier molecular flexibility index (Phi) is 3.83.